The van der Waals surface area contributed by atoms with Gasteiger partial charge >= 0.3 is 0 Å². The Labute approximate surface area is 166 Å². The Balaban J connectivity index is 1.44. The van der Waals surface area contributed by atoms with E-state index >= 15 is 0 Å². The Bertz CT molecular complexity index is 1030. The molecule has 4 fully saturated rings. The highest BCUT2D eigenvalue weighted by Gasteiger charge is 2.77. The van der Waals surface area contributed by atoms with Crippen LogP contribution in [0.3, 0.4) is 0 Å². The van der Waals surface area contributed by atoms with Crippen molar-refractivity contribution in [3.05, 3.63) is 66.2 Å². The molecule has 4 saturated heterocycles. The molecule has 6 rings (SSSR count). The maximum atomic E-state index is 13.4. The van der Waals surface area contributed by atoms with Gasteiger partial charge in [-0.3, -0.25) is 19.3 Å². The third-order valence-electron chi connectivity index (χ3n) is 6.48. The second kappa shape index (κ2) is 5.75. The molecule has 4 heterocycles. The first-order valence-corrected chi connectivity index (χ1v) is 9.70. The van der Waals surface area contributed by atoms with Gasteiger partial charge in [0.15, 0.2) is 11.8 Å². The fourth-order valence-electron chi connectivity index (χ4n) is 5.33. The molecular weight excluding hydrogens is 372 g/mol. The fraction of sp³-hybridized carbons (Fsp3) is 0.318. The summed E-state index contributed by atoms with van der Waals surface area (Å²) in [5.74, 6) is -2.50. The second-order valence-electron chi connectivity index (χ2n) is 7.88. The summed E-state index contributed by atoms with van der Waals surface area (Å²) < 4.78 is 12.0. The van der Waals surface area contributed by atoms with Crippen molar-refractivity contribution in [3.63, 3.8) is 0 Å². The molecule has 2 bridgehead atoms. The number of hydrogen-bond acceptors (Lipinski definition) is 5. The van der Waals surface area contributed by atoms with Crippen molar-refractivity contribution in [2.75, 3.05) is 18.1 Å². The van der Waals surface area contributed by atoms with Gasteiger partial charge in [-0.15, -0.1) is 0 Å². The smallest absolute Gasteiger partial charge is 0.255 e. The Kier molecular flexibility index (Phi) is 3.34. The summed E-state index contributed by atoms with van der Waals surface area (Å²) in [5.41, 5.74) is 0.203. The molecule has 0 aromatic heterocycles. The highest BCUT2D eigenvalue weighted by molar-refractivity contribution is 6.24. The maximum Gasteiger partial charge on any atom is 0.255 e. The number of piperidine rings is 1. The van der Waals surface area contributed by atoms with E-state index in [0.29, 0.717) is 12.3 Å². The number of benzene rings is 2. The summed E-state index contributed by atoms with van der Waals surface area (Å²) in [6, 6.07) is 18.1. The quantitative estimate of drug-likeness (QED) is 0.727. The average molecular weight is 390 g/mol. The number of carbonyl (C=O) groups excluding carboxylic acids is 3. The third kappa shape index (κ3) is 2.01. The minimum atomic E-state index is -1.23. The van der Waals surface area contributed by atoms with Gasteiger partial charge in [-0.2, -0.15) is 0 Å². The molecule has 0 N–H and O–H groups in total. The highest BCUT2D eigenvalue weighted by atomic mass is 16.6. The second-order valence-corrected chi connectivity index (χ2v) is 7.88. The van der Waals surface area contributed by atoms with E-state index in [1.807, 2.05) is 36.4 Å². The number of carbonyl (C=O) groups is 3. The molecule has 4 aliphatic rings. The van der Waals surface area contributed by atoms with Gasteiger partial charge in [-0.1, -0.05) is 48.5 Å². The Morgan fingerprint density at radius 2 is 1.55 bits per heavy atom. The number of ether oxygens (including phenoxy) is 2. The van der Waals surface area contributed by atoms with Crippen LogP contribution < -0.4 is 4.90 Å². The Morgan fingerprint density at radius 3 is 2.28 bits per heavy atom. The van der Waals surface area contributed by atoms with Crippen LogP contribution in [0.5, 0.6) is 0 Å². The first-order chi connectivity index (χ1) is 14.1. The molecule has 0 saturated carbocycles. The van der Waals surface area contributed by atoms with Crippen LogP contribution in [-0.2, 0) is 23.9 Å². The predicted molar refractivity (Wildman–Crippen MR) is 100 cm³/mol. The van der Waals surface area contributed by atoms with Gasteiger partial charge < -0.3 is 9.47 Å². The molecular formula is C22H18N2O5. The minimum absolute atomic E-state index is 0.0847. The van der Waals surface area contributed by atoms with E-state index < -0.39 is 23.7 Å². The van der Waals surface area contributed by atoms with Gasteiger partial charge in [0.05, 0.1) is 30.9 Å². The van der Waals surface area contributed by atoms with Crippen molar-refractivity contribution in [2.24, 2.45) is 11.8 Å². The summed E-state index contributed by atoms with van der Waals surface area (Å²) in [4.78, 5) is 42.7. The van der Waals surface area contributed by atoms with Gasteiger partial charge in [-0.05, 0) is 17.7 Å². The minimum Gasteiger partial charge on any atom is -0.374 e. The van der Waals surface area contributed by atoms with Crippen molar-refractivity contribution in [1.29, 1.82) is 0 Å². The number of para-hydroxylation sites is 1. The number of imide groups is 1. The van der Waals surface area contributed by atoms with Crippen LogP contribution in [0.2, 0.25) is 0 Å². The lowest BCUT2D eigenvalue weighted by atomic mass is 9.79. The van der Waals surface area contributed by atoms with E-state index in [9.17, 15) is 14.4 Å². The van der Waals surface area contributed by atoms with E-state index in [2.05, 4.69) is 0 Å². The number of morpholine rings is 1. The van der Waals surface area contributed by atoms with Crippen molar-refractivity contribution in [3.8, 4) is 0 Å². The van der Waals surface area contributed by atoms with E-state index in [-0.39, 0.29) is 30.4 Å². The lowest BCUT2D eigenvalue weighted by Crippen LogP contribution is -2.64. The molecule has 0 unspecified atom stereocenters. The fourth-order valence-corrected chi connectivity index (χ4v) is 5.33. The summed E-state index contributed by atoms with van der Waals surface area (Å²) in [6.45, 7) is 0.414. The van der Waals surface area contributed by atoms with Crippen LogP contribution in [-0.4, -0.2) is 47.7 Å². The molecule has 146 valence electrons. The number of amides is 3. The highest BCUT2D eigenvalue weighted by Crippen LogP contribution is 2.58. The van der Waals surface area contributed by atoms with Crippen molar-refractivity contribution < 1.29 is 23.9 Å². The van der Waals surface area contributed by atoms with E-state index in [0.717, 1.165) is 5.56 Å². The van der Waals surface area contributed by atoms with Crippen LogP contribution in [0.25, 0.3) is 0 Å². The molecule has 5 atom stereocenters. The van der Waals surface area contributed by atoms with Crippen LogP contribution in [0.4, 0.5) is 5.69 Å². The van der Waals surface area contributed by atoms with Crippen molar-refractivity contribution in [1.82, 2.24) is 4.90 Å². The van der Waals surface area contributed by atoms with E-state index in [1.165, 1.54) is 4.90 Å². The normalized spacial score (nSPS) is 35.2. The Morgan fingerprint density at radius 1 is 0.862 bits per heavy atom. The molecule has 0 aliphatic carbocycles. The zero-order valence-corrected chi connectivity index (χ0v) is 15.4. The lowest BCUT2D eigenvalue weighted by Gasteiger charge is -2.47. The maximum absolute atomic E-state index is 13.4. The molecule has 7 heteroatoms. The van der Waals surface area contributed by atoms with Gasteiger partial charge in [0, 0.05) is 0 Å². The lowest BCUT2D eigenvalue weighted by molar-refractivity contribution is -0.202. The molecule has 2 aromatic rings. The molecule has 29 heavy (non-hydrogen) atoms. The van der Waals surface area contributed by atoms with Crippen molar-refractivity contribution in [2.45, 2.75) is 17.9 Å². The molecule has 7 nitrogen and oxygen atoms in total. The molecule has 4 aliphatic heterocycles. The zero-order valence-electron chi connectivity index (χ0n) is 15.4. The van der Waals surface area contributed by atoms with Gasteiger partial charge in [0.2, 0.25) is 11.8 Å². The summed E-state index contributed by atoms with van der Waals surface area (Å²) >= 11 is 0. The zero-order chi connectivity index (χ0) is 19.8. The van der Waals surface area contributed by atoms with E-state index in [4.69, 9.17) is 9.47 Å². The molecule has 3 amide bonds. The number of nitrogens with zero attached hydrogens (tertiary/aromatic N) is 2. The van der Waals surface area contributed by atoms with Crippen LogP contribution in [0, 0.1) is 11.8 Å². The SMILES string of the molecule is O=C1[C@H]2[C@H]3O[C@@]4(COC[C@@H](c5ccccc5)N4C3=O)[C@H]2C(=O)N1c1ccccc1. The van der Waals surface area contributed by atoms with Crippen LogP contribution in [0.15, 0.2) is 60.7 Å². The molecule has 1 spiro atoms. The Hall–Kier alpha value is -3.03. The predicted octanol–water partition coefficient (Wildman–Crippen LogP) is 1.50. The first-order valence-electron chi connectivity index (χ1n) is 9.70. The first kappa shape index (κ1) is 16.9. The summed E-state index contributed by atoms with van der Waals surface area (Å²) in [7, 11) is 0. The van der Waals surface area contributed by atoms with E-state index in [1.54, 1.807) is 29.2 Å². The van der Waals surface area contributed by atoms with Gasteiger partial charge in [-0.25, -0.2) is 4.90 Å². The molecule has 0 radical (unpaired) electrons. The molecule has 2 aromatic carbocycles. The number of hydrogen-bond donors (Lipinski definition) is 0. The van der Waals surface area contributed by atoms with Crippen molar-refractivity contribution >= 4 is 23.4 Å². The summed E-state index contributed by atoms with van der Waals surface area (Å²) in [6.07, 6.45) is -0.946. The standard InChI is InChI=1S/C22H18N2O5/c25-19-16-17(20(26)23(19)14-9-5-2-6-10-14)22-12-28-11-15(13-7-3-1-4-8-13)24(22)21(27)18(16)29-22/h1-10,15-18H,11-12H2/t15-,16+,17+,18+,22-/m0/s1. The average Bonchev–Trinajstić information content (AvgIpc) is 3.34. The van der Waals surface area contributed by atoms with Crippen LogP contribution in [0.1, 0.15) is 11.6 Å². The number of fused-ring (bicyclic) bond motifs is 3. The topological polar surface area (TPSA) is 76.1 Å². The number of anilines is 1. The third-order valence-corrected chi connectivity index (χ3v) is 6.48. The largest absolute Gasteiger partial charge is 0.374 e. The summed E-state index contributed by atoms with van der Waals surface area (Å²) in [5, 5.41) is 0. The van der Waals surface area contributed by atoms with Gasteiger partial charge in [0.25, 0.3) is 5.91 Å². The van der Waals surface area contributed by atoms with Gasteiger partial charge in [0.1, 0.15) is 5.92 Å². The van der Waals surface area contributed by atoms with Crippen LogP contribution >= 0.6 is 0 Å². The number of rotatable bonds is 2. The monoisotopic (exact) mass is 390 g/mol.